The number of carbonyl (C=O) groups is 1. The smallest absolute Gasteiger partial charge is 0.409 e. The van der Waals surface area contributed by atoms with Crippen molar-refractivity contribution in [2.45, 2.75) is 19.8 Å². The summed E-state index contributed by atoms with van der Waals surface area (Å²) in [6, 6.07) is 12.5. The molecule has 1 aromatic heterocycles. The first-order valence-corrected chi connectivity index (χ1v) is 8.95. The van der Waals surface area contributed by atoms with Crippen molar-refractivity contribution >= 4 is 11.8 Å². The van der Waals surface area contributed by atoms with Crippen LogP contribution in [0.25, 0.3) is 11.1 Å². The van der Waals surface area contributed by atoms with Crippen LogP contribution in [0.1, 0.15) is 19.8 Å². The third-order valence-electron chi connectivity index (χ3n) is 4.49. The number of hydrogen-bond acceptors (Lipinski definition) is 4. The van der Waals surface area contributed by atoms with Crippen molar-refractivity contribution in [3.05, 3.63) is 48.8 Å². The molecule has 0 radical (unpaired) electrons. The summed E-state index contributed by atoms with van der Waals surface area (Å²) < 4.78 is 5.29. The van der Waals surface area contributed by atoms with Crippen LogP contribution >= 0.6 is 0 Å². The van der Waals surface area contributed by atoms with Crippen molar-refractivity contribution in [3.8, 4) is 11.1 Å². The number of ether oxygens (including phenoxy) is 1. The summed E-state index contributed by atoms with van der Waals surface area (Å²) in [4.78, 5) is 20.3. The van der Waals surface area contributed by atoms with Crippen molar-refractivity contribution in [2.24, 2.45) is 0 Å². The Morgan fingerprint density at radius 2 is 1.84 bits per heavy atom. The van der Waals surface area contributed by atoms with Crippen molar-refractivity contribution in [1.82, 2.24) is 9.88 Å². The fourth-order valence-corrected chi connectivity index (χ4v) is 2.94. The maximum absolute atomic E-state index is 12.0. The molecule has 1 fully saturated rings. The molecule has 0 aliphatic carbocycles. The van der Waals surface area contributed by atoms with E-state index in [1.54, 1.807) is 11.1 Å². The molecule has 0 unspecified atom stereocenters. The van der Waals surface area contributed by atoms with Crippen LogP contribution in [0.2, 0.25) is 0 Å². The van der Waals surface area contributed by atoms with Gasteiger partial charge in [0.1, 0.15) is 0 Å². The number of pyridine rings is 1. The average molecular weight is 339 g/mol. The van der Waals surface area contributed by atoms with Gasteiger partial charge in [-0.1, -0.05) is 31.5 Å². The number of anilines is 1. The lowest BCUT2D eigenvalue weighted by atomic mass is 10.1. The van der Waals surface area contributed by atoms with E-state index in [4.69, 9.17) is 4.74 Å². The van der Waals surface area contributed by atoms with E-state index in [1.165, 1.54) is 5.69 Å². The van der Waals surface area contributed by atoms with Gasteiger partial charge in [-0.05, 0) is 35.7 Å². The first-order valence-electron chi connectivity index (χ1n) is 8.95. The summed E-state index contributed by atoms with van der Waals surface area (Å²) in [5, 5.41) is 0. The lowest BCUT2D eigenvalue weighted by Crippen LogP contribution is -2.49. The van der Waals surface area contributed by atoms with Gasteiger partial charge in [0.25, 0.3) is 0 Å². The highest BCUT2D eigenvalue weighted by molar-refractivity contribution is 5.68. The topological polar surface area (TPSA) is 45.7 Å². The Bertz CT molecular complexity index is 665. The van der Waals surface area contributed by atoms with E-state index >= 15 is 0 Å². The van der Waals surface area contributed by atoms with E-state index in [9.17, 15) is 4.79 Å². The number of carbonyl (C=O) groups excluding carboxylic acids is 1. The second-order valence-electron chi connectivity index (χ2n) is 6.23. The molecule has 0 atom stereocenters. The number of piperazine rings is 1. The zero-order chi connectivity index (χ0) is 17.5. The standard InChI is InChI=1S/C20H25N3O2/c1-2-3-15-25-20(24)23-13-11-22(12-14-23)19-8-6-17(7-9-19)18-5-4-10-21-16-18/h4-10,16H,2-3,11-15H2,1H3. The predicted molar refractivity (Wildman–Crippen MR) is 99.7 cm³/mol. The van der Waals surface area contributed by atoms with E-state index in [0.29, 0.717) is 19.7 Å². The SMILES string of the molecule is CCCCOC(=O)N1CCN(c2ccc(-c3cccnc3)cc2)CC1. The van der Waals surface area contributed by atoms with Crippen LogP contribution in [0.3, 0.4) is 0 Å². The summed E-state index contributed by atoms with van der Waals surface area (Å²) in [6.45, 7) is 5.67. The Kier molecular flexibility index (Phi) is 5.88. The average Bonchev–Trinajstić information content (AvgIpc) is 2.69. The number of unbranched alkanes of at least 4 members (excludes halogenated alkanes) is 1. The maximum atomic E-state index is 12.0. The molecule has 0 saturated carbocycles. The molecule has 5 heteroatoms. The molecule has 3 rings (SSSR count). The Hall–Kier alpha value is -2.56. The van der Waals surface area contributed by atoms with Crippen molar-refractivity contribution < 1.29 is 9.53 Å². The van der Waals surface area contributed by atoms with Gasteiger partial charge in [0.05, 0.1) is 6.61 Å². The van der Waals surface area contributed by atoms with Gasteiger partial charge in [-0.3, -0.25) is 4.98 Å². The predicted octanol–water partition coefficient (Wildman–Crippen LogP) is 3.81. The molecule has 1 amide bonds. The van der Waals surface area contributed by atoms with Gasteiger partial charge in [-0.15, -0.1) is 0 Å². The minimum absolute atomic E-state index is 0.181. The zero-order valence-corrected chi connectivity index (χ0v) is 14.7. The highest BCUT2D eigenvalue weighted by Gasteiger charge is 2.22. The molecule has 1 aromatic carbocycles. The van der Waals surface area contributed by atoms with Crippen LogP contribution in [0.15, 0.2) is 48.8 Å². The van der Waals surface area contributed by atoms with Crippen LogP contribution in [0.4, 0.5) is 10.5 Å². The number of amides is 1. The third kappa shape index (κ3) is 4.50. The molecule has 25 heavy (non-hydrogen) atoms. The van der Waals surface area contributed by atoms with Crippen LogP contribution in [0, 0.1) is 0 Å². The fourth-order valence-electron chi connectivity index (χ4n) is 2.94. The number of hydrogen-bond donors (Lipinski definition) is 0. The normalized spacial score (nSPS) is 14.4. The van der Waals surface area contributed by atoms with E-state index in [2.05, 4.69) is 47.1 Å². The first kappa shape index (κ1) is 17.3. The summed E-state index contributed by atoms with van der Waals surface area (Å²) in [5.74, 6) is 0. The van der Waals surface area contributed by atoms with E-state index in [0.717, 1.165) is 37.1 Å². The first-order chi connectivity index (χ1) is 12.3. The zero-order valence-electron chi connectivity index (χ0n) is 14.7. The van der Waals surface area contributed by atoms with Gasteiger partial charge in [0.15, 0.2) is 0 Å². The Morgan fingerprint density at radius 3 is 2.48 bits per heavy atom. The summed E-state index contributed by atoms with van der Waals surface area (Å²) in [5.41, 5.74) is 3.47. The highest BCUT2D eigenvalue weighted by Crippen LogP contribution is 2.23. The molecule has 1 saturated heterocycles. The van der Waals surface area contributed by atoms with Crippen molar-refractivity contribution in [1.29, 1.82) is 0 Å². The quantitative estimate of drug-likeness (QED) is 0.777. The molecule has 1 aliphatic heterocycles. The van der Waals surface area contributed by atoms with Gasteiger partial charge in [0.2, 0.25) is 0 Å². The summed E-state index contributed by atoms with van der Waals surface area (Å²) >= 11 is 0. The fraction of sp³-hybridized carbons (Fsp3) is 0.400. The Labute approximate surface area is 149 Å². The number of benzene rings is 1. The lowest BCUT2D eigenvalue weighted by Gasteiger charge is -2.35. The van der Waals surface area contributed by atoms with E-state index in [-0.39, 0.29) is 6.09 Å². The van der Waals surface area contributed by atoms with Crippen LogP contribution in [-0.4, -0.2) is 48.8 Å². The van der Waals surface area contributed by atoms with Gasteiger partial charge in [-0.25, -0.2) is 4.79 Å². The lowest BCUT2D eigenvalue weighted by molar-refractivity contribution is 0.0989. The molecule has 5 nitrogen and oxygen atoms in total. The Balaban J connectivity index is 1.54. The van der Waals surface area contributed by atoms with Gasteiger partial charge < -0.3 is 14.5 Å². The molecule has 0 bridgehead atoms. The summed E-state index contributed by atoms with van der Waals surface area (Å²) in [7, 11) is 0. The maximum Gasteiger partial charge on any atom is 0.409 e. The Morgan fingerprint density at radius 1 is 1.08 bits per heavy atom. The van der Waals surface area contributed by atoms with Gasteiger partial charge in [-0.2, -0.15) is 0 Å². The van der Waals surface area contributed by atoms with Crippen LogP contribution < -0.4 is 4.90 Å². The van der Waals surface area contributed by atoms with Gasteiger partial charge in [0, 0.05) is 44.3 Å². The minimum atomic E-state index is -0.181. The minimum Gasteiger partial charge on any atom is -0.449 e. The number of rotatable bonds is 5. The largest absolute Gasteiger partial charge is 0.449 e. The molecule has 1 aliphatic rings. The monoisotopic (exact) mass is 339 g/mol. The van der Waals surface area contributed by atoms with Crippen molar-refractivity contribution in [3.63, 3.8) is 0 Å². The summed E-state index contributed by atoms with van der Waals surface area (Å²) in [6.07, 6.45) is 5.44. The second kappa shape index (κ2) is 8.51. The van der Waals surface area contributed by atoms with Crippen LogP contribution in [-0.2, 0) is 4.74 Å². The molecule has 2 heterocycles. The van der Waals surface area contributed by atoms with E-state index in [1.807, 2.05) is 12.3 Å². The molecule has 0 N–H and O–H groups in total. The number of nitrogens with zero attached hydrogens (tertiary/aromatic N) is 3. The van der Waals surface area contributed by atoms with Crippen LogP contribution in [0.5, 0.6) is 0 Å². The van der Waals surface area contributed by atoms with Gasteiger partial charge >= 0.3 is 6.09 Å². The van der Waals surface area contributed by atoms with E-state index < -0.39 is 0 Å². The molecule has 0 spiro atoms. The molecule has 132 valence electrons. The molecule has 2 aromatic rings. The highest BCUT2D eigenvalue weighted by atomic mass is 16.6. The molecular weight excluding hydrogens is 314 g/mol. The third-order valence-corrected chi connectivity index (χ3v) is 4.49. The molecular formula is C20H25N3O2. The number of aromatic nitrogens is 1. The van der Waals surface area contributed by atoms with Crippen molar-refractivity contribution in [2.75, 3.05) is 37.7 Å². The second-order valence-corrected chi connectivity index (χ2v) is 6.23.